The van der Waals surface area contributed by atoms with Gasteiger partial charge >= 0.3 is 0 Å². The van der Waals surface area contributed by atoms with Crippen LogP contribution in [-0.2, 0) is 0 Å². The first-order valence-electron chi connectivity index (χ1n) is 4.48. The van der Waals surface area contributed by atoms with Crippen molar-refractivity contribution in [3.63, 3.8) is 0 Å². The number of hydrogen-bond acceptors (Lipinski definition) is 4. The standard InChI is InChI=1S/C9H14BrN3O/c1-6(2)8(5-14)13-9-11-3-7(10)4-12-9/h3-4,6,8,14H,5H2,1-2H3,(H,11,12,13). The molecule has 0 fully saturated rings. The van der Waals surface area contributed by atoms with Gasteiger partial charge in [0.25, 0.3) is 0 Å². The topological polar surface area (TPSA) is 58.0 Å². The minimum atomic E-state index is -0.00354. The average molecular weight is 260 g/mol. The summed E-state index contributed by atoms with van der Waals surface area (Å²) in [4.78, 5) is 8.14. The molecule has 1 heterocycles. The minimum Gasteiger partial charge on any atom is -0.394 e. The van der Waals surface area contributed by atoms with Crippen molar-refractivity contribution in [1.82, 2.24) is 9.97 Å². The highest BCUT2D eigenvalue weighted by Crippen LogP contribution is 2.10. The number of hydrogen-bond donors (Lipinski definition) is 2. The van der Waals surface area contributed by atoms with Crippen LogP contribution in [0.5, 0.6) is 0 Å². The lowest BCUT2D eigenvalue weighted by Crippen LogP contribution is -2.30. The molecule has 0 spiro atoms. The van der Waals surface area contributed by atoms with Crippen LogP contribution in [0.15, 0.2) is 16.9 Å². The van der Waals surface area contributed by atoms with Crippen LogP contribution in [0.4, 0.5) is 5.95 Å². The number of aliphatic hydroxyl groups excluding tert-OH is 1. The Balaban J connectivity index is 2.63. The fraction of sp³-hybridized carbons (Fsp3) is 0.556. The summed E-state index contributed by atoms with van der Waals surface area (Å²) in [5.74, 6) is 0.883. The van der Waals surface area contributed by atoms with Crippen molar-refractivity contribution in [2.24, 2.45) is 5.92 Å². The number of rotatable bonds is 4. The lowest BCUT2D eigenvalue weighted by molar-refractivity contribution is 0.248. The van der Waals surface area contributed by atoms with Crippen LogP contribution < -0.4 is 5.32 Å². The van der Waals surface area contributed by atoms with Gasteiger partial charge in [0.1, 0.15) is 0 Å². The van der Waals surface area contributed by atoms with E-state index in [1.807, 2.05) is 13.8 Å². The first-order chi connectivity index (χ1) is 6.63. The van der Waals surface area contributed by atoms with E-state index in [4.69, 9.17) is 5.11 Å². The van der Waals surface area contributed by atoms with Gasteiger partial charge in [-0.25, -0.2) is 9.97 Å². The molecule has 1 aromatic heterocycles. The number of halogens is 1. The number of nitrogens with one attached hydrogen (secondary N) is 1. The second kappa shape index (κ2) is 5.26. The van der Waals surface area contributed by atoms with E-state index >= 15 is 0 Å². The van der Waals surface area contributed by atoms with Crippen molar-refractivity contribution in [3.8, 4) is 0 Å². The maximum atomic E-state index is 9.09. The summed E-state index contributed by atoms with van der Waals surface area (Å²) in [6.45, 7) is 4.15. The molecule has 0 saturated heterocycles. The van der Waals surface area contributed by atoms with Gasteiger partial charge in [-0.1, -0.05) is 13.8 Å². The van der Waals surface area contributed by atoms with E-state index in [0.29, 0.717) is 11.9 Å². The Kier molecular flexibility index (Phi) is 4.28. The smallest absolute Gasteiger partial charge is 0.222 e. The molecular formula is C9H14BrN3O. The van der Waals surface area contributed by atoms with E-state index in [2.05, 4.69) is 31.2 Å². The monoisotopic (exact) mass is 259 g/mol. The van der Waals surface area contributed by atoms with Gasteiger partial charge in [-0.05, 0) is 21.8 Å². The molecule has 0 aromatic carbocycles. The highest BCUT2D eigenvalue weighted by Gasteiger charge is 2.12. The zero-order valence-electron chi connectivity index (χ0n) is 8.24. The Bertz CT molecular complexity index is 276. The Labute approximate surface area is 91.9 Å². The second-order valence-corrected chi connectivity index (χ2v) is 4.32. The highest BCUT2D eigenvalue weighted by atomic mass is 79.9. The van der Waals surface area contributed by atoms with Gasteiger partial charge in [0, 0.05) is 12.4 Å². The molecule has 1 unspecified atom stereocenters. The van der Waals surface area contributed by atoms with Crippen molar-refractivity contribution in [2.45, 2.75) is 19.9 Å². The van der Waals surface area contributed by atoms with Crippen LogP contribution >= 0.6 is 15.9 Å². The van der Waals surface area contributed by atoms with Gasteiger partial charge in [-0.2, -0.15) is 0 Å². The molecule has 2 N–H and O–H groups in total. The summed E-state index contributed by atoms with van der Waals surface area (Å²) in [7, 11) is 0. The summed E-state index contributed by atoms with van der Waals surface area (Å²) < 4.78 is 0.841. The average Bonchev–Trinajstić information content (AvgIpc) is 2.16. The minimum absolute atomic E-state index is 0.00354. The molecule has 1 aromatic rings. The van der Waals surface area contributed by atoms with Gasteiger partial charge in [0.2, 0.25) is 5.95 Å². The molecule has 0 aliphatic rings. The predicted molar refractivity (Wildman–Crippen MR) is 59.1 cm³/mol. The predicted octanol–water partition coefficient (Wildman–Crippen LogP) is 1.67. The molecule has 1 atom stereocenters. The SMILES string of the molecule is CC(C)C(CO)Nc1ncc(Br)cn1. The summed E-state index contributed by atoms with van der Waals surface area (Å²) in [6, 6.07) is -0.00354. The molecule has 78 valence electrons. The van der Waals surface area contributed by atoms with E-state index in [9.17, 15) is 0 Å². The van der Waals surface area contributed by atoms with Gasteiger partial charge in [-0.3, -0.25) is 0 Å². The first kappa shape index (κ1) is 11.4. The van der Waals surface area contributed by atoms with Crippen LogP contribution in [0.3, 0.4) is 0 Å². The van der Waals surface area contributed by atoms with Crippen LogP contribution in [0.25, 0.3) is 0 Å². The number of nitrogens with zero attached hydrogens (tertiary/aromatic N) is 2. The van der Waals surface area contributed by atoms with Gasteiger partial charge in [0.05, 0.1) is 17.1 Å². The van der Waals surface area contributed by atoms with Crippen LogP contribution in [0, 0.1) is 5.92 Å². The van der Waals surface area contributed by atoms with Crippen LogP contribution in [-0.4, -0.2) is 27.7 Å². The maximum Gasteiger partial charge on any atom is 0.222 e. The molecule has 0 amide bonds. The molecule has 0 aliphatic heterocycles. The van der Waals surface area contributed by atoms with E-state index < -0.39 is 0 Å². The van der Waals surface area contributed by atoms with Gasteiger partial charge in [-0.15, -0.1) is 0 Å². The molecule has 5 heteroatoms. The summed E-state index contributed by atoms with van der Waals surface area (Å²) in [5.41, 5.74) is 0. The molecule has 4 nitrogen and oxygen atoms in total. The molecule has 1 rings (SSSR count). The fourth-order valence-electron chi connectivity index (χ4n) is 0.976. The maximum absolute atomic E-state index is 9.09. The Morgan fingerprint density at radius 3 is 2.43 bits per heavy atom. The van der Waals surface area contributed by atoms with E-state index in [1.54, 1.807) is 12.4 Å². The zero-order valence-corrected chi connectivity index (χ0v) is 9.82. The third-order valence-corrected chi connectivity index (χ3v) is 2.35. The summed E-state index contributed by atoms with van der Waals surface area (Å²) in [5, 5.41) is 12.1. The van der Waals surface area contributed by atoms with Crippen molar-refractivity contribution in [2.75, 3.05) is 11.9 Å². The van der Waals surface area contributed by atoms with E-state index in [-0.39, 0.29) is 12.6 Å². The zero-order chi connectivity index (χ0) is 10.6. The third-order valence-electron chi connectivity index (χ3n) is 1.94. The lowest BCUT2D eigenvalue weighted by Gasteiger charge is -2.19. The van der Waals surface area contributed by atoms with Crippen molar-refractivity contribution >= 4 is 21.9 Å². The Morgan fingerprint density at radius 1 is 1.43 bits per heavy atom. The number of aliphatic hydroxyl groups is 1. The molecular weight excluding hydrogens is 246 g/mol. The van der Waals surface area contributed by atoms with Crippen LogP contribution in [0.2, 0.25) is 0 Å². The van der Waals surface area contributed by atoms with Crippen molar-refractivity contribution in [1.29, 1.82) is 0 Å². The quantitative estimate of drug-likeness (QED) is 0.864. The normalized spacial score (nSPS) is 12.9. The fourth-order valence-corrected chi connectivity index (χ4v) is 1.18. The van der Waals surface area contributed by atoms with Crippen LogP contribution in [0.1, 0.15) is 13.8 Å². The molecule has 0 bridgehead atoms. The molecule has 0 radical (unpaired) electrons. The van der Waals surface area contributed by atoms with E-state index in [0.717, 1.165) is 4.47 Å². The van der Waals surface area contributed by atoms with Crippen molar-refractivity contribution in [3.05, 3.63) is 16.9 Å². The third kappa shape index (κ3) is 3.23. The Morgan fingerprint density at radius 2 is 2.00 bits per heavy atom. The van der Waals surface area contributed by atoms with E-state index in [1.165, 1.54) is 0 Å². The Hall–Kier alpha value is -0.680. The lowest BCUT2D eigenvalue weighted by atomic mass is 10.1. The summed E-state index contributed by atoms with van der Waals surface area (Å²) in [6.07, 6.45) is 3.34. The number of aromatic nitrogens is 2. The second-order valence-electron chi connectivity index (χ2n) is 3.40. The first-order valence-corrected chi connectivity index (χ1v) is 5.27. The highest BCUT2D eigenvalue weighted by molar-refractivity contribution is 9.10. The van der Waals surface area contributed by atoms with Crippen molar-refractivity contribution < 1.29 is 5.11 Å². The van der Waals surface area contributed by atoms with Gasteiger partial charge < -0.3 is 10.4 Å². The van der Waals surface area contributed by atoms with Gasteiger partial charge in [0.15, 0.2) is 0 Å². The molecule has 0 saturated carbocycles. The number of anilines is 1. The largest absolute Gasteiger partial charge is 0.394 e. The summed E-state index contributed by atoms with van der Waals surface area (Å²) >= 11 is 3.26. The molecule has 14 heavy (non-hydrogen) atoms. The molecule has 0 aliphatic carbocycles.